The van der Waals surface area contributed by atoms with E-state index in [1.165, 1.54) is 12.8 Å². The van der Waals surface area contributed by atoms with Gasteiger partial charge in [-0.05, 0) is 30.4 Å². The number of rotatable bonds is 5. The Labute approximate surface area is 122 Å². The lowest BCUT2D eigenvalue weighted by molar-refractivity contribution is -0.384. The van der Waals surface area contributed by atoms with Crippen molar-refractivity contribution in [1.82, 2.24) is 0 Å². The highest BCUT2D eigenvalue weighted by atomic mass is 79.9. The zero-order chi connectivity index (χ0) is 13.8. The molecule has 0 saturated carbocycles. The second-order valence-electron chi connectivity index (χ2n) is 5.10. The molecule has 0 amide bonds. The molecule has 1 aromatic carbocycles. The van der Waals surface area contributed by atoms with Crippen molar-refractivity contribution in [2.45, 2.75) is 31.5 Å². The first-order valence-corrected chi connectivity index (χ1v) is 7.86. The number of benzene rings is 1. The molecule has 5 heteroatoms. The van der Waals surface area contributed by atoms with Crippen LogP contribution in [-0.4, -0.2) is 18.0 Å². The van der Waals surface area contributed by atoms with Crippen LogP contribution in [0.25, 0.3) is 0 Å². The van der Waals surface area contributed by atoms with E-state index in [0.29, 0.717) is 11.2 Å². The molecular weight excluding hydrogens is 308 g/mol. The lowest BCUT2D eigenvalue weighted by Gasteiger charge is -2.19. The summed E-state index contributed by atoms with van der Waals surface area (Å²) >= 11 is 3.34. The van der Waals surface area contributed by atoms with Gasteiger partial charge in [0.05, 0.1) is 4.92 Å². The van der Waals surface area contributed by atoms with Crippen LogP contribution in [0.2, 0.25) is 0 Å². The van der Waals surface area contributed by atoms with Gasteiger partial charge in [0.15, 0.2) is 0 Å². The summed E-state index contributed by atoms with van der Waals surface area (Å²) in [4.78, 5) is 13.1. The van der Waals surface area contributed by atoms with Gasteiger partial charge < -0.3 is 4.90 Å². The quantitative estimate of drug-likeness (QED) is 0.464. The molecule has 1 aromatic rings. The van der Waals surface area contributed by atoms with Crippen LogP contribution >= 0.6 is 15.9 Å². The molecule has 1 saturated heterocycles. The van der Waals surface area contributed by atoms with Gasteiger partial charge in [0.1, 0.15) is 5.69 Å². The molecule has 1 aliphatic rings. The third-order valence-corrected chi connectivity index (χ3v) is 4.36. The van der Waals surface area contributed by atoms with Crippen LogP contribution in [0, 0.1) is 16.0 Å². The first kappa shape index (κ1) is 14.3. The molecule has 0 bridgehead atoms. The normalized spacial score (nSPS) is 18.8. The van der Waals surface area contributed by atoms with Crippen molar-refractivity contribution in [3.8, 4) is 0 Å². The van der Waals surface area contributed by atoms with E-state index in [-0.39, 0.29) is 10.6 Å². The molecule has 1 aliphatic heterocycles. The second kappa shape index (κ2) is 6.37. The lowest BCUT2D eigenvalue weighted by atomic mass is 10.0. The van der Waals surface area contributed by atoms with Crippen LogP contribution in [-0.2, 0) is 5.33 Å². The van der Waals surface area contributed by atoms with Crippen LogP contribution in [0.15, 0.2) is 18.2 Å². The lowest BCUT2D eigenvalue weighted by Crippen LogP contribution is -2.20. The van der Waals surface area contributed by atoms with Gasteiger partial charge in [-0.25, -0.2) is 0 Å². The number of alkyl halides is 1. The summed E-state index contributed by atoms with van der Waals surface area (Å²) in [5, 5.41) is 11.9. The molecule has 0 N–H and O–H groups in total. The Morgan fingerprint density at radius 1 is 1.53 bits per heavy atom. The maximum Gasteiger partial charge on any atom is 0.292 e. The van der Waals surface area contributed by atoms with Crippen molar-refractivity contribution in [2.24, 2.45) is 5.92 Å². The van der Waals surface area contributed by atoms with Crippen LogP contribution in [0.3, 0.4) is 0 Å². The molecule has 0 aromatic heterocycles. The van der Waals surface area contributed by atoms with Crippen molar-refractivity contribution in [1.29, 1.82) is 0 Å². The fourth-order valence-electron chi connectivity index (χ4n) is 2.76. The molecule has 19 heavy (non-hydrogen) atoms. The average Bonchev–Trinajstić information content (AvgIpc) is 2.87. The minimum Gasteiger partial charge on any atom is -0.366 e. The Balaban J connectivity index is 2.22. The highest BCUT2D eigenvalue weighted by Crippen LogP contribution is 2.34. The van der Waals surface area contributed by atoms with Crippen LogP contribution in [0.1, 0.15) is 31.7 Å². The van der Waals surface area contributed by atoms with E-state index in [9.17, 15) is 10.1 Å². The average molecular weight is 327 g/mol. The number of nitro groups is 1. The third kappa shape index (κ3) is 3.26. The summed E-state index contributed by atoms with van der Waals surface area (Å²) in [6.07, 6.45) is 3.54. The highest BCUT2D eigenvalue weighted by molar-refractivity contribution is 9.08. The van der Waals surface area contributed by atoms with Gasteiger partial charge in [-0.3, -0.25) is 10.1 Å². The molecule has 2 rings (SSSR count). The zero-order valence-electron chi connectivity index (χ0n) is 11.1. The molecule has 1 unspecified atom stereocenters. The van der Waals surface area contributed by atoms with Gasteiger partial charge >= 0.3 is 0 Å². The third-order valence-electron chi connectivity index (χ3n) is 3.71. The smallest absolute Gasteiger partial charge is 0.292 e. The first-order valence-electron chi connectivity index (χ1n) is 6.74. The van der Waals surface area contributed by atoms with Gasteiger partial charge in [-0.2, -0.15) is 0 Å². The number of anilines is 1. The standard InChI is InChI=1S/C14H19BrN2O2/c1-2-3-11-6-7-16(10-11)13-5-4-12(9-15)8-14(13)17(18)19/h4-5,8,11H,2-3,6-7,9-10H2,1H3. The van der Waals surface area contributed by atoms with Crippen LogP contribution < -0.4 is 4.90 Å². The van der Waals surface area contributed by atoms with Crippen molar-refractivity contribution in [3.63, 3.8) is 0 Å². The number of nitro benzene ring substituents is 1. The van der Waals surface area contributed by atoms with Gasteiger partial charge in [0.2, 0.25) is 0 Å². The maximum atomic E-state index is 11.2. The molecule has 4 nitrogen and oxygen atoms in total. The predicted molar refractivity (Wildman–Crippen MR) is 81.0 cm³/mol. The molecule has 104 valence electrons. The van der Waals surface area contributed by atoms with Crippen LogP contribution in [0.5, 0.6) is 0 Å². The maximum absolute atomic E-state index is 11.2. The number of hydrogen-bond acceptors (Lipinski definition) is 3. The highest BCUT2D eigenvalue weighted by Gasteiger charge is 2.27. The zero-order valence-corrected chi connectivity index (χ0v) is 12.7. The largest absolute Gasteiger partial charge is 0.366 e. The van der Waals surface area contributed by atoms with E-state index in [4.69, 9.17) is 0 Å². The Bertz CT molecular complexity index is 465. The molecule has 1 atom stereocenters. The molecule has 1 heterocycles. The van der Waals surface area contributed by atoms with E-state index in [2.05, 4.69) is 27.8 Å². The summed E-state index contributed by atoms with van der Waals surface area (Å²) in [6.45, 7) is 4.07. The van der Waals surface area contributed by atoms with E-state index in [1.807, 2.05) is 12.1 Å². The monoisotopic (exact) mass is 326 g/mol. The summed E-state index contributed by atoms with van der Waals surface area (Å²) < 4.78 is 0. The van der Waals surface area contributed by atoms with Gasteiger partial charge in [-0.15, -0.1) is 0 Å². The predicted octanol–water partition coefficient (Wildman–Crippen LogP) is 4.12. The van der Waals surface area contributed by atoms with Gasteiger partial charge in [-0.1, -0.05) is 35.3 Å². The number of halogens is 1. The van der Waals surface area contributed by atoms with Crippen molar-refractivity contribution in [2.75, 3.05) is 18.0 Å². The number of nitrogens with zero attached hydrogens (tertiary/aromatic N) is 2. The van der Waals surface area contributed by atoms with E-state index >= 15 is 0 Å². The molecule has 1 fully saturated rings. The molecule has 0 radical (unpaired) electrons. The number of hydrogen-bond donors (Lipinski definition) is 0. The Morgan fingerprint density at radius 3 is 2.95 bits per heavy atom. The summed E-state index contributed by atoms with van der Waals surface area (Å²) in [6, 6.07) is 5.53. The van der Waals surface area contributed by atoms with Gasteiger partial charge in [0, 0.05) is 24.5 Å². The minimum absolute atomic E-state index is 0.231. The summed E-state index contributed by atoms with van der Waals surface area (Å²) in [5.41, 5.74) is 1.95. The van der Waals surface area contributed by atoms with Crippen LogP contribution in [0.4, 0.5) is 11.4 Å². The van der Waals surface area contributed by atoms with Crippen molar-refractivity contribution in [3.05, 3.63) is 33.9 Å². The minimum atomic E-state index is -0.269. The van der Waals surface area contributed by atoms with E-state index < -0.39 is 0 Å². The molecule has 0 spiro atoms. The first-order chi connectivity index (χ1) is 9.15. The Kier molecular flexibility index (Phi) is 4.80. The fourth-order valence-corrected chi connectivity index (χ4v) is 3.11. The van der Waals surface area contributed by atoms with Crippen molar-refractivity contribution < 1.29 is 4.92 Å². The van der Waals surface area contributed by atoms with Gasteiger partial charge in [0.25, 0.3) is 5.69 Å². The fraction of sp³-hybridized carbons (Fsp3) is 0.571. The summed E-state index contributed by atoms with van der Waals surface area (Å²) in [5.74, 6) is 0.681. The Hall–Kier alpha value is -1.10. The SMILES string of the molecule is CCCC1CCN(c2ccc(CBr)cc2[N+](=O)[O-])C1. The van der Waals surface area contributed by atoms with E-state index in [1.54, 1.807) is 6.07 Å². The molecule has 0 aliphatic carbocycles. The Morgan fingerprint density at radius 2 is 2.32 bits per heavy atom. The topological polar surface area (TPSA) is 46.4 Å². The molecular formula is C14H19BrN2O2. The van der Waals surface area contributed by atoms with Crippen molar-refractivity contribution >= 4 is 27.3 Å². The second-order valence-corrected chi connectivity index (χ2v) is 5.66. The summed E-state index contributed by atoms with van der Waals surface area (Å²) in [7, 11) is 0. The van der Waals surface area contributed by atoms with E-state index in [0.717, 1.165) is 30.8 Å².